The van der Waals surface area contributed by atoms with Crippen molar-refractivity contribution in [2.45, 2.75) is 0 Å². The molecule has 0 fully saturated rings. The Hall–Kier alpha value is -0.377. The van der Waals surface area contributed by atoms with E-state index in [0.717, 1.165) is 0 Å². The molecule has 0 aromatic heterocycles. The Morgan fingerprint density at radius 3 is 1.00 bits per heavy atom. The van der Waals surface area contributed by atoms with E-state index in [9.17, 15) is 0 Å². The first-order valence-corrected chi connectivity index (χ1v) is 0.565. The van der Waals surface area contributed by atoms with Crippen LogP contribution in [-0.2, 0) is 19.5 Å². The van der Waals surface area contributed by atoms with E-state index in [1.165, 1.54) is 0 Å². The molecule has 0 saturated carbocycles. The molecule has 10 heteroatoms. The quantitative estimate of drug-likeness (QED) is 0.241. The predicted molar refractivity (Wildman–Crippen MR) is 26.8 cm³/mol. The van der Waals surface area contributed by atoms with Crippen LogP contribution >= 0.6 is 0 Å². The van der Waals surface area contributed by atoms with E-state index in [1.54, 1.807) is 0 Å². The van der Waals surface area contributed by atoms with Crippen LogP contribution in [0.4, 0.5) is 0 Å². The molecule has 11 N–H and O–H groups in total. The van der Waals surface area contributed by atoms with E-state index in [1.807, 2.05) is 0 Å². The minimum Gasteiger partial charge on any atom is -0.412 e. The summed E-state index contributed by atoms with van der Waals surface area (Å²) in [5.41, 5.74) is 0. The van der Waals surface area contributed by atoms with Gasteiger partial charge in [-0.2, -0.15) is 0 Å². The molecule has 10 heavy (non-hydrogen) atoms. The summed E-state index contributed by atoms with van der Waals surface area (Å²) in [6.45, 7) is 0. The molecule has 0 spiro atoms. The number of hydrogen-bond donors (Lipinski definition) is 1. The van der Waals surface area contributed by atoms with Crippen molar-refractivity contribution in [3.05, 3.63) is 10.1 Å². The maximum absolute atomic E-state index is 8.36. The molecule has 0 aliphatic heterocycles. The number of nitrogens with zero attached hydrogens (tertiary/aromatic N) is 1. The van der Waals surface area contributed by atoms with Gasteiger partial charge in [0.05, 0.1) is 0 Å². The molecule has 0 aromatic carbocycles. The van der Waals surface area contributed by atoms with Gasteiger partial charge in [0.2, 0.25) is 0 Å². The van der Waals surface area contributed by atoms with Crippen molar-refractivity contribution in [3.63, 3.8) is 0 Å². The van der Waals surface area contributed by atoms with Gasteiger partial charge >= 0.3 is 0 Å². The van der Waals surface area contributed by atoms with Gasteiger partial charge in [-0.05, 0) is 0 Å². The van der Waals surface area contributed by atoms with Crippen molar-refractivity contribution >= 4 is 0 Å². The fourth-order valence-electron chi connectivity index (χ4n) is 0. The third kappa shape index (κ3) is 2360. The largest absolute Gasteiger partial charge is 0.412 e. The topological polar surface area (TPSA) is 221 Å². The normalized spacial score (nSPS) is 2.40. The molecule has 66 valence electrons. The monoisotopic (exact) mass is 217 g/mol. The summed E-state index contributed by atoms with van der Waals surface area (Å²) in [6, 6.07) is 0. The van der Waals surface area contributed by atoms with Crippen molar-refractivity contribution in [1.29, 1.82) is 0 Å². The van der Waals surface area contributed by atoms with Crippen LogP contribution in [0.1, 0.15) is 0 Å². The smallest absolute Gasteiger partial charge is 0.291 e. The van der Waals surface area contributed by atoms with Crippen LogP contribution in [0.2, 0.25) is 0 Å². The van der Waals surface area contributed by atoms with Gasteiger partial charge in [0.15, 0.2) is 0 Å². The summed E-state index contributed by atoms with van der Waals surface area (Å²) in [5.74, 6) is 0. The Kier molecular flexibility index (Phi) is 757. The third-order valence-corrected chi connectivity index (χ3v) is 0. The van der Waals surface area contributed by atoms with Gasteiger partial charge in [-0.15, -0.1) is 10.1 Å². The Morgan fingerprint density at radius 1 is 1.00 bits per heavy atom. The zero-order valence-corrected chi connectivity index (χ0v) is 7.89. The molecule has 0 saturated heterocycles. The molecule has 0 amide bonds. The fraction of sp³-hybridized carbons (Fsp3) is 0. The standard InChI is InChI=1S/HNO3.5H2O.Zn/c2-1(3)4;;;;;;/h(H,2,3,4);5*1H2;. The van der Waals surface area contributed by atoms with Crippen LogP contribution in [0.15, 0.2) is 0 Å². The summed E-state index contributed by atoms with van der Waals surface area (Å²) in [5, 5.41) is 13.6. The molecular weight excluding hydrogens is 207 g/mol. The molecule has 0 heterocycles. The van der Waals surface area contributed by atoms with Crippen LogP contribution < -0.4 is 0 Å². The maximum Gasteiger partial charge on any atom is 0.291 e. The molecule has 9 nitrogen and oxygen atoms in total. The molecule has 0 aromatic rings. The second kappa shape index (κ2) is 72.8. The molecular formula is H11NO8Zn. The van der Waals surface area contributed by atoms with E-state index >= 15 is 0 Å². The number of rotatable bonds is 0. The second-order valence-electron chi connectivity index (χ2n) is 0.238. The molecule has 0 rings (SSSR count). The van der Waals surface area contributed by atoms with Crippen LogP contribution in [-0.4, -0.2) is 37.7 Å². The SMILES string of the molecule is O.O.O.O.O.O=[N+]([O-])O.[Zn]. The van der Waals surface area contributed by atoms with Crippen LogP contribution in [0, 0.1) is 10.1 Å². The van der Waals surface area contributed by atoms with Crippen LogP contribution in [0.3, 0.4) is 0 Å². The summed E-state index contributed by atoms with van der Waals surface area (Å²) in [4.78, 5) is 8.36. The van der Waals surface area contributed by atoms with Crippen molar-refractivity contribution in [2.75, 3.05) is 0 Å². The molecule has 0 aliphatic carbocycles. The molecule has 0 radical (unpaired) electrons. The second-order valence-corrected chi connectivity index (χ2v) is 0.238. The molecule has 0 atom stereocenters. The van der Waals surface area contributed by atoms with Crippen molar-refractivity contribution < 1.29 is 57.2 Å². The van der Waals surface area contributed by atoms with E-state index < -0.39 is 5.09 Å². The first-order chi connectivity index (χ1) is 1.73. The first-order valence-electron chi connectivity index (χ1n) is 0.565. The summed E-state index contributed by atoms with van der Waals surface area (Å²) < 4.78 is 0. The first kappa shape index (κ1) is 104. The van der Waals surface area contributed by atoms with E-state index in [-0.39, 0.29) is 46.9 Å². The fourth-order valence-corrected chi connectivity index (χ4v) is 0. The van der Waals surface area contributed by atoms with Gasteiger partial charge in [0, 0.05) is 19.5 Å². The average molecular weight is 218 g/mol. The Labute approximate surface area is 68.1 Å². The summed E-state index contributed by atoms with van der Waals surface area (Å²) in [6.07, 6.45) is 0. The van der Waals surface area contributed by atoms with Crippen LogP contribution in [0.5, 0.6) is 0 Å². The molecule has 0 unspecified atom stereocenters. The maximum atomic E-state index is 8.36. The van der Waals surface area contributed by atoms with Gasteiger partial charge in [-0.1, -0.05) is 0 Å². The minimum absolute atomic E-state index is 0. The van der Waals surface area contributed by atoms with Crippen molar-refractivity contribution in [2.24, 2.45) is 0 Å². The average Bonchev–Trinajstić information content (AvgIpc) is 0.811. The van der Waals surface area contributed by atoms with E-state index in [4.69, 9.17) is 15.3 Å². The summed E-state index contributed by atoms with van der Waals surface area (Å²) in [7, 11) is 0. The van der Waals surface area contributed by atoms with Gasteiger partial charge in [0.25, 0.3) is 5.09 Å². The van der Waals surface area contributed by atoms with Crippen molar-refractivity contribution in [1.82, 2.24) is 0 Å². The Bertz CT molecular complexity index is 32.2. The van der Waals surface area contributed by atoms with Gasteiger partial charge < -0.3 is 32.6 Å². The van der Waals surface area contributed by atoms with Gasteiger partial charge in [-0.25, -0.2) is 0 Å². The van der Waals surface area contributed by atoms with Gasteiger partial charge in [0.1, 0.15) is 0 Å². The predicted octanol–water partition coefficient (Wildman–Crippen LogP) is -4.47. The van der Waals surface area contributed by atoms with E-state index in [2.05, 4.69) is 0 Å². The Morgan fingerprint density at radius 2 is 1.00 bits per heavy atom. The van der Waals surface area contributed by atoms with Crippen molar-refractivity contribution in [3.8, 4) is 0 Å². The number of hydrogen-bond acceptors (Lipinski definition) is 2. The third-order valence-electron chi connectivity index (χ3n) is 0. The van der Waals surface area contributed by atoms with E-state index in [0.29, 0.717) is 0 Å². The zero-order valence-electron chi connectivity index (χ0n) is 4.92. The molecule has 0 bridgehead atoms. The Balaban J connectivity index is -0.00000000300. The minimum atomic E-state index is -1.50. The van der Waals surface area contributed by atoms with Gasteiger partial charge in [-0.3, -0.25) is 0 Å². The summed E-state index contributed by atoms with van der Waals surface area (Å²) >= 11 is 0. The zero-order chi connectivity index (χ0) is 3.58. The molecule has 0 aliphatic rings. The van der Waals surface area contributed by atoms with Crippen LogP contribution in [0.25, 0.3) is 0 Å².